The number of esters is 1. The van der Waals surface area contributed by atoms with Crippen LogP contribution in [-0.4, -0.2) is 55.3 Å². The Labute approximate surface area is 121 Å². The van der Waals surface area contributed by atoms with Crippen LogP contribution in [-0.2, 0) is 14.3 Å². The van der Waals surface area contributed by atoms with E-state index in [0.29, 0.717) is 17.4 Å². The number of aliphatic carboxylic acids is 1. The predicted octanol–water partition coefficient (Wildman–Crippen LogP) is 1.99. The number of carboxylic acid groups (broad SMARTS) is 1. The highest BCUT2D eigenvalue weighted by molar-refractivity contribution is 5.82. The molecule has 0 bridgehead atoms. The summed E-state index contributed by atoms with van der Waals surface area (Å²) in [5, 5.41) is 8.84. The lowest BCUT2D eigenvalue weighted by atomic mass is 10.2. The molecule has 0 spiro atoms. The van der Waals surface area contributed by atoms with Crippen LogP contribution in [0.15, 0.2) is 24.3 Å². The normalized spacial score (nSPS) is 13.8. The number of allylic oxidation sites excluding steroid dienone is 3. The molecule has 0 saturated carbocycles. The van der Waals surface area contributed by atoms with Crippen molar-refractivity contribution in [2.45, 2.75) is 32.3 Å². The summed E-state index contributed by atoms with van der Waals surface area (Å²) in [7, 11) is 5.77. The Balaban J connectivity index is 4.38. The standard InChI is InChI=1S/C15H25NO4/c1-5-6-7-8-9-10-15(19)20-13(11-14(17)18)12-16(2,3)4/h6-7,9-10,13H,5,8,11-12H2,1-4H3/p+1/b7-6+,10-9+. The summed E-state index contributed by atoms with van der Waals surface area (Å²) in [4.78, 5) is 22.4. The number of rotatable bonds is 9. The molecule has 0 aromatic heterocycles. The summed E-state index contributed by atoms with van der Waals surface area (Å²) in [5.41, 5.74) is 0. The fraction of sp³-hybridized carbons (Fsp3) is 0.600. The summed E-state index contributed by atoms with van der Waals surface area (Å²) < 4.78 is 5.73. The highest BCUT2D eigenvalue weighted by Gasteiger charge is 2.23. The molecule has 114 valence electrons. The Morgan fingerprint density at radius 3 is 2.35 bits per heavy atom. The van der Waals surface area contributed by atoms with Gasteiger partial charge in [0.1, 0.15) is 6.54 Å². The van der Waals surface area contributed by atoms with E-state index >= 15 is 0 Å². The first-order valence-corrected chi connectivity index (χ1v) is 6.79. The zero-order chi connectivity index (χ0) is 15.6. The van der Waals surface area contributed by atoms with E-state index in [2.05, 4.69) is 0 Å². The molecule has 0 fully saturated rings. The average Bonchev–Trinajstić information content (AvgIpc) is 2.25. The smallest absolute Gasteiger partial charge is 0.330 e. The van der Waals surface area contributed by atoms with Crippen LogP contribution in [0.25, 0.3) is 0 Å². The molecule has 0 rings (SSSR count). The van der Waals surface area contributed by atoms with E-state index in [9.17, 15) is 9.59 Å². The van der Waals surface area contributed by atoms with Crippen molar-refractivity contribution >= 4 is 11.9 Å². The second-order valence-electron chi connectivity index (χ2n) is 5.65. The van der Waals surface area contributed by atoms with Crippen LogP contribution in [0, 0.1) is 0 Å². The molecule has 0 aromatic carbocycles. The number of nitrogens with zero attached hydrogens (tertiary/aromatic N) is 1. The Morgan fingerprint density at radius 2 is 1.85 bits per heavy atom. The van der Waals surface area contributed by atoms with Crippen LogP contribution >= 0.6 is 0 Å². The van der Waals surface area contributed by atoms with E-state index < -0.39 is 18.0 Å². The Hall–Kier alpha value is -1.62. The maximum absolute atomic E-state index is 11.6. The lowest BCUT2D eigenvalue weighted by molar-refractivity contribution is -0.873. The lowest BCUT2D eigenvalue weighted by Gasteiger charge is -2.28. The van der Waals surface area contributed by atoms with Gasteiger partial charge in [-0.3, -0.25) is 4.79 Å². The molecular weight excluding hydrogens is 258 g/mol. The molecule has 1 unspecified atom stereocenters. The minimum absolute atomic E-state index is 0.176. The van der Waals surface area contributed by atoms with Crippen molar-refractivity contribution in [2.24, 2.45) is 0 Å². The van der Waals surface area contributed by atoms with Gasteiger partial charge in [-0.05, 0) is 12.8 Å². The first-order valence-electron chi connectivity index (χ1n) is 6.79. The molecule has 0 aromatic rings. The van der Waals surface area contributed by atoms with Crippen molar-refractivity contribution < 1.29 is 23.9 Å². The van der Waals surface area contributed by atoms with Crippen LogP contribution in [0.2, 0.25) is 0 Å². The molecular formula is C15H26NO4+. The van der Waals surface area contributed by atoms with Crippen molar-refractivity contribution in [1.82, 2.24) is 0 Å². The number of likely N-dealkylation sites (N-methyl/N-ethyl adjacent to an activating group) is 1. The SMILES string of the molecule is CC/C=C/C/C=C/C(=O)OC(CC(=O)O)C[N+](C)(C)C. The molecule has 5 heteroatoms. The first-order chi connectivity index (χ1) is 9.24. The molecule has 1 atom stereocenters. The highest BCUT2D eigenvalue weighted by Crippen LogP contribution is 2.06. The largest absolute Gasteiger partial charge is 0.481 e. The number of carboxylic acids is 1. The van der Waals surface area contributed by atoms with E-state index in [4.69, 9.17) is 9.84 Å². The van der Waals surface area contributed by atoms with Gasteiger partial charge in [0.2, 0.25) is 0 Å². The lowest BCUT2D eigenvalue weighted by Crippen LogP contribution is -2.43. The number of ether oxygens (including phenoxy) is 1. The van der Waals surface area contributed by atoms with E-state index in [1.807, 2.05) is 40.2 Å². The first kappa shape index (κ1) is 18.4. The van der Waals surface area contributed by atoms with Crippen LogP contribution in [0.1, 0.15) is 26.2 Å². The molecule has 0 saturated heterocycles. The number of carbonyl (C=O) groups excluding carboxylic acids is 1. The molecule has 0 aliphatic heterocycles. The van der Waals surface area contributed by atoms with Crippen LogP contribution in [0.4, 0.5) is 0 Å². The number of hydrogen-bond donors (Lipinski definition) is 1. The van der Waals surface area contributed by atoms with Crippen molar-refractivity contribution in [2.75, 3.05) is 27.7 Å². The van der Waals surface area contributed by atoms with Crippen molar-refractivity contribution in [1.29, 1.82) is 0 Å². The molecule has 1 N–H and O–H groups in total. The molecule has 0 radical (unpaired) electrons. The minimum Gasteiger partial charge on any atom is -0.481 e. The molecule has 0 amide bonds. The summed E-state index contributed by atoms with van der Waals surface area (Å²) in [5.74, 6) is -1.46. The zero-order valence-electron chi connectivity index (χ0n) is 12.8. The number of hydrogen-bond acceptors (Lipinski definition) is 3. The second-order valence-corrected chi connectivity index (χ2v) is 5.65. The molecule has 0 aliphatic carbocycles. The van der Waals surface area contributed by atoms with Gasteiger partial charge in [0.05, 0.1) is 27.6 Å². The molecule has 20 heavy (non-hydrogen) atoms. The zero-order valence-corrected chi connectivity index (χ0v) is 12.8. The van der Waals surface area contributed by atoms with E-state index in [1.54, 1.807) is 6.08 Å². The third kappa shape index (κ3) is 11.5. The van der Waals surface area contributed by atoms with E-state index in [-0.39, 0.29) is 6.42 Å². The van der Waals surface area contributed by atoms with Gasteiger partial charge in [-0.1, -0.05) is 25.2 Å². The van der Waals surface area contributed by atoms with Crippen LogP contribution < -0.4 is 0 Å². The highest BCUT2D eigenvalue weighted by atomic mass is 16.5. The van der Waals surface area contributed by atoms with Gasteiger partial charge in [0, 0.05) is 6.08 Å². The summed E-state index contributed by atoms with van der Waals surface area (Å²) in [6, 6.07) is 0. The van der Waals surface area contributed by atoms with Crippen molar-refractivity contribution in [3.63, 3.8) is 0 Å². The summed E-state index contributed by atoms with van der Waals surface area (Å²) in [6.07, 6.45) is 7.87. The predicted molar refractivity (Wildman–Crippen MR) is 78.2 cm³/mol. The molecule has 5 nitrogen and oxygen atoms in total. The van der Waals surface area contributed by atoms with Crippen molar-refractivity contribution in [3.05, 3.63) is 24.3 Å². The van der Waals surface area contributed by atoms with E-state index in [1.165, 1.54) is 6.08 Å². The quantitative estimate of drug-likeness (QED) is 0.304. The average molecular weight is 284 g/mol. The van der Waals surface area contributed by atoms with E-state index in [0.717, 1.165) is 6.42 Å². The van der Waals surface area contributed by atoms with Gasteiger partial charge in [-0.2, -0.15) is 0 Å². The number of carbonyl (C=O) groups is 2. The maximum Gasteiger partial charge on any atom is 0.330 e. The third-order valence-electron chi connectivity index (χ3n) is 2.36. The fourth-order valence-corrected chi connectivity index (χ4v) is 1.66. The minimum atomic E-state index is -0.967. The van der Waals surface area contributed by atoms with Gasteiger partial charge >= 0.3 is 11.9 Å². The fourth-order valence-electron chi connectivity index (χ4n) is 1.66. The van der Waals surface area contributed by atoms with Crippen molar-refractivity contribution in [3.8, 4) is 0 Å². The summed E-state index contributed by atoms with van der Waals surface area (Å²) >= 11 is 0. The topological polar surface area (TPSA) is 63.6 Å². The molecule has 0 aliphatic rings. The van der Waals surface area contributed by atoms with Gasteiger partial charge in [0.25, 0.3) is 0 Å². The Bertz CT molecular complexity index is 367. The maximum atomic E-state index is 11.6. The van der Waals surface area contributed by atoms with Gasteiger partial charge in [-0.15, -0.1) is 0 Å². The third-order valence-corrected chi connectivity index (χ3v) is 2.36. The number of quaternary nitrogens is 1. The Morgan fingerprint density at radius 1 is 1.20 bits per heavy atom. The molecule has 0 heterocycles. The van der Waals surface area contributed by atoms with Crippen LogP contribution in [0.3, 0.4) is 0 Å². The van der Waals surface area contributed by atoms with Gasteiger partial charge in [-0.25, -0.2) is 4.79 Å². The van der Waals surface area contributed by atoms with Crippen LogP contribution in [0.5, 0.6) is 0 Å². The monoisotopic (exact) mass is 284 g/mol. The van der Waals surface area contributed by atoms with Gasteiger partial charge < -0.3 is 14.3 Å². The second kappa shape index (κ2) is 9.31. The Kier molecular flexibility index (Phi) is 8.56. The van der Waals surface area contributed by atoms with Gasteiger partial charge in [0.15, 0.2) is 6.10 Å². The summed E-state index contributed by atoms with van der Waals surface area (Å²) in [6.45, 7) is 2.50.